The van der Waals surface area contributed by atoms with Gasteiger partial charge in [-0.3, -0.25) is 0 Å². The number of hydrogen-bond donors (Lipinski definition) is 1. The molecule has 0 unspecified atom stereocenters. The Morgan fingerprint density at radius 1 is 1.00 bits per heavy atom. The van der Waals surface area contributed by atoms with Crippen LogP contribution in [0.5, 0.6) is 5.75 Å². The second kappa shape index (κ2) is 8.06. The summed E-state index contributed by atoms with van der Waals surface area (Å²) in [7, 11) is 0. The third kappa shape index (κ3) is 4.76. The molecule has 2 aromatic carbocycles. The molecule has 0 radical (unpaired) electrons. The van der Waals surface area contributed by atoms with Gasteiger partial charge in [-0.2, -0.15) is 0 Å². The van der Waals surface area contributed by atoms with Gasteiger partial charge >= 0.3 is 0 Å². The molecule has 1 N–H and O–H groups in total. The fourth-order valence-electron chi connectivity index (χ4n) is 2.13. The molecule has 0 aliphatic rings. The van der Waals surface area contributed by atoms with Crippen molar-refractivity contribution in [2.75, 3.05) is 13.2 Å². The van der Waals surface area contributed by atoms with Crippen LogP contribution in [0.25, 0.3) is 0 Å². The highest BCUT2D eigenvalue weighted by Crippen LogP contribution is 2.27. The van der Waals surface area contributed by atoms with Crippen molar-refractivity contribution < 1.29 is 4.74 Å². The monoisotopic (exact) mass is 303 g/mol. The average Bonchev–Trinajstić information content (AvgIpc) is 2.51. The van der Waals surface area contributed by atoms with Crippen LogP contribution in [-0.4, -0.2) is 13.2 Å². The van der Waals surface area contributed by atoms with Crippen LogP contribution in [0.15, 0.2) is 42.5 Å². The topological polar surface area (TPSA) is 21.3 Å². The first-order valence-electron chi connectivity index (χ1n) is 7.31. The molecule has 0 aliphatic heterocycles. The van der Waals surface area contributed by atoms with Crippen LogP contribution in [0.3, 0.4) is 0 Å². The maximum absolute atomic E-state index is 6.08. The lowest BCUT2D eigenvalue weighted by molar-refractivity contribution is 0.306. The van der Waals surface area contributed by atoms with E-state index in [1.165, 1.54) is 5.56 Å². The van der Waals surface area contributed by atoms with Crippen molar-refractivity contribution in [1.82, 2.24) is 5.32 Å². The second-order valence-electron chi connectivity index (χ2n) is 5.16. The first-order chi connectivity index (χ1) is 10.2. The second-order valence-corrected chi connectivity index (χ2v) is 5.57. The summed E-state index contributed by atoms with van der Waals surface area (Å²) in [6, 6.07) is 14.3. The molecule has 0 bridgehead atoms. The highest BCUT2D eigenvalue weighted by atomic mass is 35.5. The Bertz CT molecular complexity index is 569. The Kier molecular flexibility index (Phi) is 6.09. The summed E-state index contributed by atoms with van der Waals surface area (Å²) >= 11 is 6.08. The van der Waals surface area contributed by atoms with E-state index in [0.717, 1.165) is 41.4 Å². The van der Waals surface area contributed by atoms with Crippen molar-refractivity contribution in [3.63, 3.8) is 0 Å². The SMILES string of the molecule is Cc1c(Cl)ccc(OCCCNCc2ccccc2)c1C. The molecule has 0 amide bonds. The van der Waals surface area contributed by atoms with E-state index in [4.69, 9.17) is 16.3 Å². The van der Waals surface area contributed by atoms with Crippen LogP contribution in [-0.2, 0) is 6.54 Å². The van der Waals surface area contributed by atoms with E-state index in [9.17, 15) is 0 Å². The summed E-state index contributed by atoms with van der Waals surface area (Å²) in [5.74, 6) is 0.931. The van der Waals surface area contributed by atoms with Gasteiger partial charge in [0.2, 0.25) is 0 Å². The van der Waals surface area contributed by atoms with Crippen molar-refractivity contribution in [2.45, 2.75) is 26.8 Å². The van der Waals surface area contributed by atoms with Gasteiger partial charge in [-0.25, -0.2) is 0 Å². The molecule has 21 heavy (non-hydrogen) atoms. The zero-order valence-corrected chi connectivity index (χ0v) is 13.4. The Balaban J connectivity index is 1.67. The van der Waals surface area contributed by atoms with E-state index in [1.807, 2.05) is 32.0 Å². The van der Waals surface area contributed by atoms with E-state index in [1.54, 1.807) is 0 Å². The number of hydrogen-bond acceptors (Lipinski definition) is 2. The summed E-state index contributed by atoms with van der Waals surface area (Å²) in [4.78, 5) is 0. The van der Waals surface area contributed by atoms with Gasteiger partial charge in [-0.05, 0) is 55.6 Å². The minimum Gasteiger partial charge on any atom is -0.493 e. The lowest BCUT2D eigenvalue weighted by Gasteiger charge is -2.12. The largest absolute Gasteiger partial charge is 0.493 e. The first-order valence-corrected chi connectivity index (χ1v) is 7.69. The molecule has 0 fully saturated rings. The highest BCUT2D eigenvalue weighted by Gasteiger charge is 2.05. The Hall–Kier alpha value is -1.51. The van der Waals surface area contributed by atoms with E-state index in [0.29, 0.717) is 6.61 Å². The van der Waals surface area contributed by atoms with Crippen LogP contribution >= 0.6 is 11.6 Å². The number of rotatable bonds is 7. The molecule has 0 aliphatic carbocycles. The number of ether oxygens (including phenoxy) is 1. The van der Waals surface area contributed by atoms with Crippen molar-refractivity contribution in [2.24, 2.45) is 0 Å². The van der Waals surface area contributed by atoms with Gasteiger partial charge in [-0.15, -0.1) is 0 Å². The smallest absolute Gasteiger partial charge is 0.122 e. The lowest BCUT2D eigenvalue weighted by Crippen LogP contribution is -2.17. The molecule has 2 aromatic rings. The molecule has 0 aromatic heterocycles. The molecule has 0 saturated carbocycles. The zero-order valence-electron chi connectivity index (χ0n) is 12.7. The first kappa shape index (κ1) is 15.9. The Morgan fingerprint density at radius 3 is 2.52 bits per heavy atom. The summed E-state index contributed by atoms with van der Waals surface area (Å²) in [6.45, 7) is 6.63. The predicted octanol–water partition coefficient (Wildman–Crippen LogP) is 4.52. The average molecular weight is 304 g/mol. The van der Waals surface area contributed by atoms with Gasteiger partial charge < -0.3 is 10.1 Å². The summed E-state index contributed by atoms with van der Waals surface area (Å²) in [5.41, 5.74) is 3.53. The molecule has 0 atom stereocenters. The van der Waals surface area contributed by atoms with E-state index >= 15 is 0 Å². The van der Waals surface area contributed by atoms with Gasteiger partial charge in [0.25, 0.3) is 0 Å². The molecule has 3 heteroatoms. The quantitative estimate of drug-likeness (QED) is 0.760. The molecule has 0 heterocycles. The van der Waals surface area contributed by atoms with Crippen LogP contribution in [0, 0.1) is 13.8 Å². The van der Waals surface area contributed by atoms with Gasteiger partial charge in [0.05, 0.1) is 6.61 Å². The summed E-state index contributed by atoms with van der Waals surface area (Å²) in [5, 5.41) is 4.22. The molecule has 2 nitrogen and oxygen atoms in total. The van der Waals surface area contributed by atoms with Crippen LogP contribution in [0.1, 0.15) is 23.1 Å². The van der Waals surface area contributed by atoms with Crippen molar-refractivity contribution in [1.29, 1.82) is 0 Å². The maximum Gasteiger partial charge on any atom is 0.122 e. The van der Waals surface area contributed by atoms with Gasteiger partial charge in [-0.1, -0.05) is 41.9 Å². The van der Waals surface area contributed by atoms with E-state index < -0.39 is 0 Å². The molecular formula is C18H22ClNO. The molecule has 0 saturated heterocycles. The third-order valence-electron chi connectivity index (χ3n) is 3.60. The van der Waals surface area contributed by atoms with E-state index in [2.05, 4.69) is 29.6 Å². The number of nitrogens with one attached hydrogen (secondary N) is 1. The Labute approximate surface area is 132 Å². The van der Waals surface area contributed by atoms with Crippen LogP contribution in [0.4, 0.5) is 0 Å². The minimum absolute atomic E-state index is 0.712. The van der Waals surface area contributed by atoms with Gasteiger partial charge in [0.15, 0.2) is 0 Å². The van der Waals surface area contributed by atoms with Gasteiger partial charge in [0, 0.05) is 11.6 Å². The van der Waals surface area contributed by atoms with E-state index in [-0.39, 0.29) is 0 Å². The van der Waals surface area contributed by atoms with Crippen molar-refractivity contribution in [3.05, 3.63) is 64.2 Å². The van der Waals surface area contributed by atoms with Crippen LogP contribution in [0.2, 0.25) is 5.02 Å². The predicted molar refractivity (Wildman–Crippen MR) is 89.2 cm³/mol. The van der Waals surface area contributed by atoms with Crippen molar-refractivity contribution >= 4 is 11.6 Å². The fraction of sp³-hybridized carbons (Fsp3) is 0.333. The standard InChI is InChI=1S/C18H22ClNO/c1-14-15(2)18(10-9-17(14)19)21-12-6-11-20-13-16-7-4-3-5-8-16/h3-5,7-10,20H,6,11-13H2,1-2H3. The minimum atomic E-state index is 0.712. The normalized spacial score (nSPS) is 10.6. The third-order valence-corrected chi connectivity index (χ3v) is 4.01. The molecule has 2 rings (SSSR count). The molecule has 0 spiro atoms. The molecule has 112 valence electrons. The van der Waals surface area contributed by atoms with Crippen LogP contribution < -0.4 is 10.1 Å². The summed E-state index contributed by atoms with van der Waals surface area (Å²) in [6.07, 6.45) is 0.980. The fourth-order valence-corrected chi connectivity index (χ4v) is 2.33. The highest BCUT2D eigenvalue weighted by molar-refractivity contribution is 6.31. The van der Waals surface area contributed by atoms with Gasteiger partial charge in [0.1, 0.15) is 5.75 Å². The van der Waals surface area contributed by atoms with Crippen molar-refractivity contribution in [3.8, 4) is 5.75 Å². The molecular weight excluding hydrogens is 282 g/mol. The lowest BCUT2D eigenvalue weighted by atomic mass is 10.1. The Morgan fingerprint density at radius 2 is 1.76 bits per heavy atom. The number of benzene rings is 2. The number of halogens is 1. The maximum atomic E-state index is 6.08. The zero-order chi connectivity index (χ0) is 15.1. The summed E-state index contributed by atoms with van der Waals surface area (Å²) < 4.78 is 5.83.